The van der Waals surface area contributed by atoms with E-state index in [9.17, 15) is 9.59 Å². The van der Waals surface area contributed by atoms with E-state index >= 15 is 0 Å². The molecule has 1 aromatic heterocycles. The second-order valence-electron chi connectivity index (χ2n) is 5.63. The number of hydrogen-bond donors (Lipinski definition) is 2. The largest absolute Gasteiger partial charge is 0.438 e. The van der Waals surface area contributed by atoms with E-state index in [4.69, 9.17) is 4.74 Å². The van der Waals surface area contributed by atoms with Gasteiger partial charge in [-0.1, -0.05) is 28.1 Å². The first-order valence-corrected chi connectivity index (χ1v) is 8.88. The van der Waals surface area contributed by atoms with Gasteiger partial charge < -0.3 is 15.4 Å². The molecule has 0 saturated heterocycles. The number of anilines is 2. The Hall–Kier alpha value is -3.19. The first kappa shape index (κ1) is 18.6. The summed E-state index contributed by atoms with van der Waals surface area (Å²) in [6.07, 6.45) is 1.56. The number of carbonyl (C=O) groups excluding carboxylic acids is 2. The summed E-state index contributed by atoms with van der Waals surface area (Å²) in [6, 6.07) is 17.4. The Kier molecular flexibility index (Phi) is 5.83. The van der Waals surface area contributed by atoms with E-state index in [2.05, 4.69) is 31.5 Å². The van der Waals surface area contributed by atoms with Crippen LogP contribution in [0.15, 0.2) is 71.3 Å². The molecule has 27 heavy (non-hydrogen) atoms. The number of nitrogens with zero attached hydrogens (tertiary/aromatic N) is 1. The Morgan fingerprint density at radius 1 is 0.963 bits per heavy atom. The maximum atomic E-state index is 12.7. The first-order valence-electron chi connectivity index (χ1n) is 8.09. The number of carbonyl (C=O) groups is 2. The second kappa shape index (κ2) is 8.46. The minimum atomic E-state index is -0.368. The molecule has 2 amide bonds. The molecular weight excluding hydrogens is 410 g/mol. The van der Waals surface area contributed by atoms with Crippen LogP contribution in [0.3, 0.4) is 0 Å². The molecule has 0 atom stereocenters. The maximum Gasteiger partial charge on any atom is 0.261 e. The van der Waals surface area contributed by atoms with Gasteiger partial charge in [0.15, 0.2) is 0 Å². The van der Waals surface area contributed by atoms with Crippen LogP contribution in [0.4, 0.5) is 11.4 Å². The Morgan fingerprint density at radius 2 is 1.70 bits per heavy atom. The molecular formula is C20H16BrN3O3. The quantitative estimate of drug-likeness (QED) is 0.612. The molecule has 3 aromatic rings. The number of nitrogens with one attached hydrogen (secondary N) is 2. The fourth-order valence-corrected chi connectivity index (χ4v) is 2.74. The van der Waals surface area contributed by atoms with Gasteiger partial charge in [0.2, 0.25) is 11.8 Å². The zero-order valence-corrected chi connectivity index (χ0v) is 16.0. The van der Waals surface area contributed by atoms with Gasteiger partial charge in [-0.2, -0.15) is 0 Å². The molecule has 2 N–H and O–H groups in total. The van der Waals surface area contributed by atoms with Crippen molar-refractivity contribution in [3.63, 3.8) is 0 Å². The van der Waals surface area contributed by atoms with Crippen LogP contribution in [-0.4, -0.2) is 16.8 Å². The third-order valence-corrected chi connectivity index (χ3v) is 3.96. The molecule has 0 unspecified atom stereocenters. The molecule has 6 nitrogen and oxygen atoms in total. The predicted molar refractivity (Wildman–Crippen MR) is 107 cm³/mol. The van der Waals surface area contributed by atoms with Crippen molar-refractivity contribution in [2.24, 2.45) is 0 Å². The minimum Gasteiger partial charge on any atom is -0.438 e. The van der Waals surface area contributed by atoms with Crippen LogP contribution < -0.4 is 15.4 Å². The number of rotatable bonds is 5. The summed E-state index contributed by atoms with van der Waals surface area (Å²) in [5.41, 5.74) is 1.43. The van der Waals surface area contributed by atoms with Crippen LogP contribution in [-0.2, 0) is 4.79 Å². The maximum absolute atomic E-state index is 12.7. The lowest BCUT2D eigenvalue weighted by atomic mass is 10.2. The average molecular weight is 426 g/mol. The normalized spacial score (nSPS) is 10.1. The van der Waals surface area contributed by atoms with Gasteiger partial charge in [-0.25, -0.2) is 4.98 Å². The van der Waals surface area contributed by atoms with Gasteiger partial charge in [0.05, 0.1) is 0 Å². The standard InChI is InChI=1S/C20H16BrN3O3/c1-13(25)23-15-6-3-7-16(12-15)24-19(26)18-9-4-10-22-20(18)27-17-8-2-5-14(21)11-17/h2-12H,1H3,(H,23,25)(H,24,26). The lowest BCUT2D eigenvalue weighted by molar-refractivity contribution is -0.114. The highest BCUT2D eigenvalue weighted by Crippen LogP contribution is 2.26. The molecule has 0 aliphatic carbocycles. The molecule has 3 rings (SSSR count). The molecule has 1 heterocycles. The van der Waals surface area contributed by atoms with Crippen LogP contribution in [0.1, 0.15) is 17.3 Å². The van der Waals surface area contributed by atoms with Gasteiger partial charge in [0, 0.05) is 29.0 Å². The average Bonchev–Trinajstić information content (AvgIpc) is 2.62. The van der Waals surface area contributed by atoms with Crippen molar-refractivity contribution < 1.29 is 14.3 Å². The van der Waals surface area contributed by atoms with E-state index in [-0.39, 0.29) is 17.7 Å². The lowest BCUT2D eigenvalue weighted by Gasteiger charge is -2.11. The van der Waals surface area contributed by atoms with Gasteiger partial charge in [-0.05, 0) is 48.5 Å². The Labute approximate surface area is 164 Å². The fraction of sp³-hybridized carbons (Fsp3) is 0.0500. The summed E-state index contributed by atoms with van der Waals surface area (Å²) in [7, 11) is 0. The van der Waals surface area contributed by atoms with Crippen molar-refractivity contribution in [3.05, 3.63) is 76.9 Å². The second-order valence-corrected chi connectivity index (χ2v) is 6.55. The molecule has 0 radical (unpaired) electrons. The topological polar surface area (TPSA) is 80.3 Å². The first-order chi connectivity index (χ1) is 13.0. The number of benzene rings is 2. The monoisotopic (exact) mass is 425 g/mol. The Bertz CT molecular complexity index is 991. The highest BCUT2D eigenvalue weighted by Gasteiger charge is 2.15. The SMILES string of the molecule is CC(=O)Nc1cccc(NC(=O)c2cccnc2Oc2cccc(Br)c2)c1. The van der Waals surface area contributed by atoms with Crippen molar-refractivity contribution in [3.8, 4) is 11.6 Å². The van der Waals surface area contributed by atoms with E-state index in [1.807, 2.05) is 12.1 Å². The molecule has 136 valence electrons. The number of aromatic nitrogens is 1. The number of halogens is 1. The molecule has 0 saturated carbocycles. The molecule has 2 aromatic carbocycles. The third-order valence-electron chi connectivity index (χ3n) is 3.47. The van der Waals surface area contributed by atoms with Crippen molar-refractivity contribution in [1.82, 2.24) is 4.98 Å². The van der Waals surface area contributed by atoms with Gasteiger partial charge in [0.1, 0.15) is 11.3 Å². The number of pyridine rings is 1. The molecule has 0 aliphatic heterocycles. The lowest BCUT2D eigenvalue weighted by Crippen LogP contribution is -2.14. The number of ether oxygens (including phenoxy) is 1. The summed E-state index contributed by atoms with van der Waals surface area (Å²) in [5.74, 6) is 0.208. The fourth-order valence-electron chi connectivity index (χ4n) is 2.36. The van der Waals surface area contributed by atoms with E-state index in [1.54, 1.807) is 54.7 Å². The van der Waals surface area contributed by atoms with Crippen molar-refractivity contribution in [2.75, 3.05) is 10.6 Å². The highest BCUT2D eigenvalue weighted by atomic mass is 79.9. The summed E-state index contributed by atoms with van der Waals surface area (Å²) in [6.45, 7) is 1.42. The zero-order chi connectivity index (χ0) is 19.2. The molecule has 0 aliphatic rings. The molecule has 0 fully saturated rings. The zero-order valence-electron chi connectivity index (χ0n) is 14.4. The smallest absolute Gasteiger partial charge is 0.261 e. The minimum absolute atomic E-state index is 0.185. The molecule has 0 bridgehead atoms. The summed E-state index contributed by atoms with van der Waals surface area (Å²) >= 11 is 3.38. The van der Waals surface area contributed by atoms with Crippen LogP contribution in [0.2, 0.25) is 0 Å². The number of hydrogen-bond acceptors (Lipinski definition) is 4. The number of amides is 2. The van der Waals surface area contributed by atoms with E-state index in [1.165, 1.54) is 6.92 Å². The summed E-state index contributed by atoms with van der Waals surface area (Å²) in [5, 5.41) is 5.47. The Balaban J connectivity index is 1.80. The van der Waals surface area contributed by atoms with Gasteiger partial charge in [0.25, 0.3) is 5.91 Å². The van der Waals surface area contributed by atoms with Crippen molar-refractivity contribution in [1.29, 1.82) is 0 Å². The van der Waals surface area contributed by atoms with E-state index in [0.29, 0.717) is 22.7 Å². The van der Waals surface area contributed by atoms with Gasteiger partial charge in [-0.3, -0.25) is 9.59 Å². The third kappa shape index (κ3) is 5.15. The van der Waals surface area contributed by atoms with Crippen molar-refractivity contribution >= 4 is 39.1 Å². The van der Waals surface area contributed by atoms with Crippen molar-refractivity contribution in [2.45, 2.75) is 6.92 Å². The van der Waals surface area contributed by atoms with Crippen LogP contribution in [0, 0.1) is 0 Å². The van der Waals surface area contributed by atoms with Gasteiger partial charge in [-0.15, -0.1) is 0 Å². The summed E-state index contributed by atoms with van der Waals surface area (Å²) < 4.78 is 6.62. The Morgan fingerprint density at radius 3 is 2.44 bits per heavy atom. The van der Waals surface area contributed by atoms with E-state index in [0.717, 1.165) is 4.47 Å². The predicted octanol–water partition coefficient (Wildman–Crippen LogP) is 4.85. The molecule has 0 spiro atoms. The highest BCUT2D eigenvalue weighted by molar-refractivity contribution is 9.10. The van der Waals surface area contributed by atoms with Crippen LogP contribution in [0.25, 0.3) is 0 Å². The van der Waals surface area contributed by atoms with E-state index < -0.39 is 0 Å². The van der Waals surface area contributed by atoms with Gasteiger partial charge >= 0.3 is 0 Å². The summed E-state index contributed by atoms with van der Waals surface area (Å²) in [4.78, 5) is 28.0. The van der Waals surface area contributed by atoms with Crippen LogP contribution >= 0.6 is 15.9 Å². The van der Waals surface area contributed by atoms with Crippen LogP contribution in [0.5, 0.6) is 11.6 Å². The molecule has 7 heteroatoms.